The molecule has 0 bridgehead atoms. The zero-order valence-electron chi connectivity index (χ0n) is 17.3. The third-order valence-corrected chi connectivity index (χ3v) is 4.83. The molecule has 0 atom stereocenters. The molecule has 0 aliphatic rings. The van der Waals surface area contributed by atoms with Crippen LogP contribution < -0.4 is 0 Å². The zero-order chi connectivity index (χ0) is 20.8. The van der Waals surface area contributed by atoms with E-state index in [0.29, 0.717) is 30.8 Å². The lowest BCUT2D eigenvalue weighted by Gasteiger charge is -2.20. The van der Waals surface area contributed by atoms with Gasteiger partial charge >= 0.3 is 0 Å². The lowest BCUT2D eigenvalue weighted by Crippen LogP contribution is -2.33. The van der Waals surface area contributed by atoms with Gasteiger partial charge in [-0.15, -0.1) is 0 Å². The van der Waals surface area contributed by atoms with E-state index in [9.17, 15) is 9.59 Å². The topological polar surface area (TPSA) is 57.9 Å². The molecule has 0 aliphatic heterocycles. The summed E-state index contributed by atoms with van der Waals surface area (Å²) in [5.74, 6) is -0.0795. The lowest BCUT2D eigenvalue weighted by atomic mass is 10.2. The Balaban J connectivity index is 1.95. The van der Waals surface area contributed by atoms with E-state index in [1.807, 2.05) is 53.4 Å². The van der Waals surface area contributed by atoms with E-state index in [4.69, 9.17) is 0 Å². The molecule has 0 fully saturated rings. The van der Waals surface area contributed by atoms with Crippen molar-refractivity contribution in [2.75, 3.05) is 20.1 Å². The lowest BCUT2D eigenvalue weighted by molar-refractivity contribution is 0.0751. The number of aromatic nitrogens is 2. The van der Waals surface area contributed by atoms with Crippen LogP contribution in [0.25, 0.3) is 5.52 Å². The molecule has 6 nitrogen and oxygen atoms in total. The van der Waals surface area contributed by atoms with Gasteiger partial charge in [0, 0.05) is 32.9 Å². The monoisotopic (exact) mass is 392 g/mol. The van der Waals surface area contributed by atoms with Crippen molar-refractivity contribution in [2.24, 2.45) is 0 Å². The Labute approximate surface area is 171 Å². The van der Waals surface area contributed by atoms with Gasteiger partial charge in [0.05, 0.1) is 5.52 Å². The van der Waals surface area contributed by atoms with Crippen LogP contribution in [0.1, 0.15) is 53.4 Å². The number of nitrogens with zero attached hydrogens (tertiary/aromatic N) is 4. The summed E-state index contributed by atoms with van der Waals surface area (Å²) in [6.45, 7) is 5.93. The van der Waals surface area contributed by atoms with Crippen LogP contribution in [0.4, 0.5) is 0 Å². The van der Waals surface area contributed by atoms with Gasteiger partial charge in [-0.05, 0) is 30.5 Å². The third kappa shape index (κ3) is 4.47. The number of pyridine rings is 1. The second-order valence-corrected chi connectivity index (χ2v) is 7.18. The van der Waals surface area contributed by atoms with Gasteiger partial charge in [0.15, 0.2) is 5.69 Å². The molecule has 0 radical (unpaired) electrons. The Bertz CT molecular complexity index is 975. The van der Waals surface area contributed by atoms with Crippen LogP contribution in [-0.2, 0) is 6.54 Å². The normalized spacial score (nSPS) is 10.9. The first kappa shape index (κ1) is 20.6. The molecule has 0 saturated carbocycles. The van der Waals surface area contributed by atoms with Crippen molar-refractivity contribution in [1.29, 1.82) is 0 Å². The minimum atomic E-state index is -0.216. The van der Waals surface area contributed by atoms with E-state index in [1.54, 1.807) is 22.5 Å². The van der Waals surface area contributed by atoms with Crippen LogP contribution in [0.2, 0.25) is 0 Å². The molecule has 2 amide bonds. The first-order valence-corrected chi connectivity index (χ1v) is 10.1. The second-order valence-electron chi connectivity index (χ2n) is 7.18. The van der Waals surface area contributed by atoms with Crippen molar-refractivity contribution < 1.29 is 9.59 Å². The predicted molar refractivity (Wildman–Crippen MR) is 114 cm³/mol. The van der Waals surface area contributed by atoms with E-state index >= 15 is 0 Å². The summed E-state index contributed by atoms with van der Waals surface area (Å²) in [5, 5.41) is 0. The molecule has 2 aromatic heterocycles. The zero-order valence-corrected chi connectivity index (χ0v) is 17.3. The van der Waals surface area contributed by atoms with Crippen LogP contribution >= 0.6 is 0 Å². The maximum Gasteiger partial charge on any atom is 0.290 e. The highest BCUT2D eigenvalue weighted by Gasteiger charge is 2.26. The van der Waals surface area contributed by atoms with E-state index < -0.39 is 0 Å². The molecule has 1 aromatic carbocycles. The fourth-order valence-corrected chi connectivity index (χ4v) is 3.45. The highest BCUT2D eigenvalue weighted by atomic mass is 16.2. The molecular formula is C23H28N4O2. The number of amides is 2. The van der Waals surface area contributed by atoms with Crippen molar-refractivity contribution in [1.82, 2.24) is 19.2 Å². The number of hydrogen-bond acceptors (Lipinski definition) is 3. The van der Waals surface area contributed by atoms with Crippen LogP contribution in [-0.4, -0.2) is 51.1 Å². The fraction of sp³-hybridized carbons (Fsp3) is 0.348. The molecule has 0 unspecified atom stereocenters. The minimum Gasteiger partial charge on any atom is -0.337 e. The molecule has 0 saturated heterocycles. The summed E-state index contributed by atoms with van der Waals surface area (Å²) in [7, 11) is 1.75. The quantitative estimate of drug-likeness (QED) is 0.585. The molecule has 0 spiro atoms. The van der Waals surface area contributed by atoms with Crippen molar-refractivity contribution in [3.05, 3.63) is 71.8 Å². The van der Waals surface area contributed by atoms with Crippen LogP contribution in [0.3, 0.4) is 0 Å². The number of benzene rings is 1. The molecular weight excluding hydrogens is 364 g/mol. The molecule has 3 aromatic rings. The van der Waals surface area contributed by atoms with Crippen molar-refractivity contribution >= 4 is 17.3 Å². The Hall–Kier alpha value is -3.15. The van der Waals surface area contributed by atoms with Gasteiger partial charge < -0.3 is 9.80 Å². The van der Waals surface area contributed by atoms with Crippen LogP contribution in [0, 0.1) is 0 Å². The minimum absolute atomic E-state index is 0.123. The average Bonchev–Trinajstić information content (AvgIpc) is 3.13. The number of imidazole rings is 1. The molecule has 6 heteroatoms. The summed E-state index contributed by atoms with van der Waals surface area (Å²) in [4.78, 5) is 34.3. The van der Waals surface area contributed by atoms with Crippen LogP contribution in [0.15, 0.2) is 54.7 Å². The van der Waals surface area contributed by atoms with Gasteiger partial charge in [-0.25, -0.2) is 4.98 Å². The number of fused-ring (bicyclic) bond motifs is 1. The fourth-order valence-electron chi connectivity index (χ4n) is 3.45. The summed E-state index contributed by atoms with van der Waals surface area (Å²) >= 11 is 0. The van der Waals surface area contributed by atoms with Gasteiger partial charge in [0.1, 0.15) is 0 Å². The predicted octanol–water partition coefficient (Wildman–Crippen LogP) is 3.87. The third-order valence-electron chi connectivity index (χ3n) is 4.83. The number of rotatable bonds is 8. The maximum atomic E-state index is 13.2. The van der Waals surface area contributed by atoms with Crippen molar-refractivity contribution in [3.63, 3.8) is 0 Å². The highest BCUT2D eigenvalue weighted by molar-refractivity contribution is 6.02. The first-order chi connectivity index (χ1) is 14.1. The molecule has 152 valence electrons. The van der Waals surface area contributed by atoms with Crippen LogP contribution in [0.5, 0.6) is 0 Å². The summed E-state index contributed by atoms with van der Waals surface area (Å²) in [5.41, 5.74) is 2.03. The second kappa shape index (κ2) is 9.37. The van der Waals surface area contributed by atoms with E-state index in [0.717, 1.165) is 18.4 Å². The van der Waals surface area contributed by atoms with Gasteiger partial charge in [-0.2, -0.15) is 0 Å². The summed E-state index contributed by atoms with van der Waals surface area (Å²) in [6, 6.07) is 15.3. The van der Waals surface area contributed by atoms with Gasteiger partial charge in [0.25, 0.3) is 11.8 Å². The molecule has 2 heterocycles. The van der Waals surface area contributed by atoms with E-state index in [1.165, 1.54) is 0 Å². The number of carbonyl (C=O) groups excluding carboxylic acids is 2. The maximum absolute atomic E-state index is 13.2. The molecule has 0 aliphatic carbocycles. The molecule has 0 N–H and O–H groups in total. The average molecular weight is 393 g/mol. The number of hydrogen-bond donors (Lipinski definition) is 0. The smallest absolute Gasteiger partial charge is 0.290 e. The van der Waals surface area contributed by atoms with Gasteiger partial charge in [-0.3, -0.25) is 14.0 Å². The Morgan fingerprint density at radius 1 is 0.931 bits per heavy atom. The van der Waals surface area contributed by atoms with Crippen molar-refractivity contribution in [3.8, 4) is 0 Å². The Morgan fingerprint density at radius 2 is 1.59 bits per heavy atom. The van der Waals surface area contributed by atoms with E-state index in [-0.39, 0.29) is 17.6 Å². The molecule has 29 heavy (non-hydrogen) atoms. The Morgan fingerprint density at radius 3 is 2.24 bits per heavy atom. The van der Waals surface area contributed by atoms with Crippen molar-refractivity contribution in [2.45, 2.75) is 33.2 Å². The Kier molecular flexibility index (Phi) is 6.65. The first-order valence-electron chi connectivity index (χ1n) is 10.1. The number of carbonyl (C=O) groups is 2. The van der Waals surface area contributed by atoms with E-state index in [2.05, 4.69) is 18.8 Å². The summed E-state index contributed by atoms with van der Waals surface area (Å²) in [6.07, 6.45) is 3.54. The standard InChI is InChI=1S/C23H28N4O2/c1-4-14-26(15-5-2)22(28)20-19-13-9-10-16-27(19)21(24-20)23(29)25(3)17-18-11-7-6-8-12-18/h6-13,16H,4-5,14-15,17H2,1-3H3. The largest absolute Gasteiger partial charge is 0.337 e. The summed E-state index contributed by atoms with van der Waals surface area (Å²) < 4.78 is 1.72. The highest BCUT2D eigenvalue weighted by Crippen LogP contribution is 2.18. The SMILES string of the molecule is CCCN(CCC)C(=O)c1nc(C(=O)N(C)Cc2ccccc2)n2ccccc12. The van der Waals surface area contributed by atoms with Gasteiger partial charge in [0.2, 0.25) is 5.82 Å². The molecule has 3 rings (SSSR count). The van der Waals surface area contributed by atoms with Gasteiger partial charge in [-0.1, -0.05) is 50.2 Å².